The first kappa shape index (κ1) is 22.1. The van der Waals surface area contributed by atoms with Crippen molar-refractivity contribution in [2.45, 2.75) is 51.4 Å². The van der Waals surface area contributed by atoms with Crippen LogP contribution >= 0.6 is 0 Å². The van der Waals surface area contributed by atoms with Crippen molar-refractivity contribution >= 4 is 11.9 Å². The molecule has 0 atom stereocenters. The zero-order valence-electron chi connectivity index (χ0n) is 14.2. The maximum Gasteiger partial charge on any atom is 0.335 e. The highest BCUT2D eigenvalue weighted by Crippen LogP contribution is 2.07. The summed E-state index contributed by atoms with van der Waals surface area (Å²) in [7, 11) is 0. The van der Waals surface area contributed by atoms with Gasteiger partial charge in [-0.1, -0.05) is 44.6 Å². The molecule has 0 fully saturated rings. The normalized spacial score (nSPS) is 9.92. The van der Waals surface area contributed by atoms with Crippen molar-refractivity contribution in [3.63, 3.8) is 0 Å². The zero-order valence-corrected chi connectivity index (χ0v) is 14.2. The molecule has 1 rings (SSSR count). The van der Waals surface area contributed by atoms with Crippen LogP contribution in [0.15, 0.2) is 24.3 Å². The zero-order chi connectivity index (χ0) is 18.2. The molecule has 6 N–H and O–H groups in total. The summed E-state index contributed by atoms with van der Waals surface area (Å²) in [6.45, 7) is 1.71. The van der Waals surface area contributed by atoms with Gasteiger partial charge in [-0.25, -0.2) is 9.59 Å². The van der Waals surface area contributed by atoms with Crippen LogP contribution in [0.25, 0.3) is 0 Å². The molecule has 24 heavy (non-hydrogen) atoms. The fourth-order valence-corrected chi connectivity index (χ4v) is 2.13. The van der Waals surface area contributed by atoms with E-state index >= 15 is 0 Å². The van der Waals surface area contributed by atoms with Gasteiger partial charge in [0.05, 0.1) is 11.1 Å². The van der Waals surface area contributed by atoms with Gasteiger partial charge in [0, 0.05) is 0 Å². The van der Waals surface area contributed by atoms with Crippen LogP contribution in [-0.4, -0.2) is 35.2 Å². The van der Waals surface area contributed by atoms with E-state index in [4.69, 9.17) is 21.7 Å². The van der Waals surface area contributed by atoms with Crippen molar-refractivity contribution in [2.75, 3.05) is 13.1 Å². The maximum atomic E-state index is 10.4. The predicted octanol–water partition coefficient (Wildman–Crippen LogP) is 3.11. The Morgan fingerprint density at radius 2 is 1.04 bits per heavy atom. The molecule has 1 aromatic rings. The number of hydrogen-bond donors (Lipinski definition) is 4. The number of rotatable bonds is 11. The summed E-state index contributed by atoms with van der Waals surface area (Å²) in [5.41, 5.74) is 10.8. The topological polar surface area (TPSA) is 127 Å². The molecule has 0 unspecified atom stereocenters. The summed E-state index contributed by atoms with van der Waals surface area (Å²) >= 11 is 0. The van der Waals surface area contributed by atoms with Crippen molar-refractivity contribution < 1.29 is 19.8 Å². The summed E-state index contributed by atoms with van der Waals surface area (Å²) < 4.78 is 0. The van der Waals surface area contributed by atoms with Crippen molar-refractivity contribution in [1.82, 2.24) is 0 Å². The van der Waals surface area contributed by atoms with E-state index in [1.54, 1.807) is 0 Å². The molecule has 0 saturated heterocycles. The van der Waals surface area contributed by atoms with Gasteiger partial charge in [0.1, 0.15) is 0 Å². The van der Waals surface area contributed by atoms with E-state index in [0.717, 1.165) is 19.2 Å². The Labute approximate surface area is 143 Å². The van der Waals surface area contributed by atoms with Gasteiger partial charge in [0.2, 0.25) is 0 Å². The highest BCUT2D eigenvalue weighted by Gasteiger charge is 2.06. The molecule has 0 heterocycles. The summed E-state index contributed by atoms with van der Waals surface area (Å²) in [6, 6.07) is 5.20. The Kier molecular flexibility index (Phi) is 13.5. The molecular weight excluding hydrogens is 308 g/mol. The molecule has 0 aliphatic heterocycles. The second-order valence-electron chi connectivity index (χ2n) is 5.60. The Morgan fingerprint density at radius 1 is 0.708 bits per heavy atom. The van der Waals surface area contributed by atoms with Gasteiger partial charge in [0.25, 0.3) is 0 Å². The quantitative estimate of drug-likeness (QED) is 0.459. The van der Waals surface area contributed by atoms with Gasteiger partial charge in [-0.15, -0.1) is 0 Å². The van der Waals surface area contributed by atoms with Crippen LogP contribution in [0.5, 0.6) is 0 Å². The van der Waals surface area contributed by atoms with E-state index in [0.29, 0.717) is 0 Å². The fraction of sp³-hybridized carbons (Fsp3) is 0.556. The maximum absolute atomic E-state index is 10.4. The van der Waals surface area contributed by atoms with Crippen LogP contribution in [0.3, 0.4) is 0 Å². The first-order chi connectivity index (χ1) is 11.5. The highest BCUT2D eigenvalue weighted by molar-refractivity contribution is 5.93. The molecule has 6 nitrogen and oxygen atoms in total. The Morgan fingerprint density at radius 3 is 1.33 bits per heavy atom. The van der Waals surface area contributed by atoms with E-state index in [-0.39, 0.29) is 11.1 Å². The van der Waals surface area contributed by atoms with E-state index < -0.39 is 11.9 Å². The number of hydrogen-bond acceptors (Lipinski definition) is 4. The lowest BCUT2D eigenvalue weighted by atomic mass is 10.1. The lowest BCUT2D eigenvalue weighted by Gasteiger charge is -2.00. The minimum absolute atomic E-state index is 0.0186. The summed E-state index contributed by atoms with van der Waals surface area (Å²) in [6.07, 6.45) is 10.5. The molecule has 6 heteroatoms. The summed E-state index contributed by atoms with van der Waals surface area (Å²) in [4.78, 5) is 20.8. The number of aromatic carboxylic acids is 2. The van der Waals surface area contributed by atoms with Crippen LogP contribution in [-0.2, 0) is 0 Å². The predicted molar refractivity (Wildman–Crippen MR) is 95.4 cm³/mol. The molecule has 0 bridgehead atoms. The number of benzene rings is 1. The third kappa shape index (κ3) is 11.6. The van der Waals surface area contributed by atoms with Crippen LogP contribution in [0.4, 0.5) is 0 Å². The second kappa shape index (κ2) is 14.7. The SMILES string of the molecule is NCCCCCCCCCCN.O=C(O)c1cccc(C(=O)O)c1. The van der Waals surface area contributed by atoms with Gasteiger partial charge in [0.15, 0.2) is 0 Å². The van der Waals surface area contributed by atoms with E-state index in [2.05, 4.69) is 0 Å². The Balaban J connectivity index is 0.000000441. The second-order valence-corrected chi connectivity index (χ2v) is 5.60. The first-order valence-electron chi connectivity index (χ1n) is 8.49. The van der Waals surface area contributed by atoms with Crippen LogP contribution in [0, 0.1) is 0 Å². The van der Waals surface area contributed by atoms with E-state index in [9.17, 15) is 9.59 Å². The number of carbonyl (C=O) groups is 2. The van der Waals surface area contributed by atoms with Gasteiger partial charge in [-0.2, -0.15) is 0 Å². The van der Waals surface area contributed by atoms with E-state index in [1.807, 2.05) is 0 Å². The molecule has 1 aromatic carbocycles. The van der Waals surface area contributed by atoms with Crippen LogP contribution in [0.2, 0.25) is 0 Å². The lowest BCUT2D eigenvalue weighted by Crippen LogP contribution is -2.01. The molecular formula is C18H30N2O4. The number of carboxylic acid groups (broad SMARTS) is 2. The average molecular weight is 338 g/mol. The smallest absolute Gasteiger partial charge is 0.335 e. The number of carboxylic acids is 2. The molecule has 0 spiro atoms. The molecule has 0 radical (unpaired) electrons. The number of unbranched alkanes of at least 4 members (excludes halogenated alkanes) is 7. The molecule has 136 valence electrons. The monoisotopic (exact) mass is 338 g/mol. The minimum atomic E-state index is -1.13. The standard InChI is InChI=1S/C10H24N2.C8H6O4/c11-9-7-5-3-1-2-4-6-8-10-12;9-7(10)5-2-1-3-6(4-5)8(11)12/h1-12H2;1-4H,(H,9,10)(H,11,12). The molecule has 0 aliphatic carbocycles. The van der Waals surface area contributed by atoms with Crippen molar-refractivity contribution in [1.29, 1.82) is 0 Å². The molecule has 0 saturated carbocycles. The Bertz CT molecular complexity index is 439. The fourth-order valence-electron chi connectivity index (χ4n) is 2.13. The van der Waals surface area contributed by atoms with Crippen molar-refractivity contribution in [3.8, 4) is 0 Å². The Hall–Kier alpha value is -1.92. The van der Waals surface area contributed by atoms with Gasteiger partial charge >= 0.3 is 11.9 Å². The highest BCUT2D eigenvalue weighted by atomic mass is 16.4. The molecule has 0 amide bonds. The summed E-state index contributed by atoms with van der Waals surface area (Å²) in [5, 5.41) is 17.0. The molecule has 0 aromatic heterocycles. The van der Waals surface area contributed by atoms with Crippen molar-refractivity contribution in [3.05, 3.63) is 35.4 Å². The third-order valence-corrected chi connectivity index (χ3v) is 3.51. The van der Waals surface area contributed by atoms with Gasteiger partial charge in [-0.3, -0.25) is 0 Å². The largest absolute Gasteiger partial charge is 0.478 e. The molecule has 0 aliphatic rings. The first-order valence-corrected chi connectivity index (χ1v) is 8.49. The summed E-state index contributed by atoms with van der Waals surface area (Å²) in [5.74, 6) is -2.25. The minimum Gasteiger partial charge on any atom is -0.478 e. The number of nitrogens with two attached hydrogens (primary N) is 2. The van der Waals surface area contributed by atoms with Crippen LogP contribution < -0.4 is 11.5 Å². The lowest BCUT2D eigenvalue weighted by molar-refractivity contribution is 0.0696. The van der Waals surface area contributed by atoms with Gasteiger partial charge < -0.3 is 21.7 Å². The third-order valence-electron chi connectivity index (χ3n) is 3.51. The average Bonchev–Trinajstić information content (AvgIpc) is 2.58. The van der Waals surface area contributed by atoms with Gasteiger partial charge in [-0.05, 0) is 44.1 Å². The van der Waals surface area contributed by atoms with E-state index in [1.165, 1.54) is 69.6 Å². The van der Waals surface area contributed by atoms with Crippen LogP contribution in [0.1, 0.15) is 72.1 Å². The van der Waals surface area contributed by atoms with Crippen molar-refractivity contribution in [2.24, 2.45) is 11.5 Å².